The highest BCUT2D eigenvalue weighted by atomic mass is 32.2. The number of thioether (sulfide) groups is 1. The third-order valence-electron chi connectivity index (χ3n) is 2.76. The van der Waals surface area contributed by atoms with E-state index in [0.29, 0.717) is 12.2 Å². The summed E-state index contributed by atoms with van der Waals surface area (Å²) in [6, 6.07) is 5.24. The predicted octanol–water partition coefficient (Wildman–Crippen LogP) is 2.67. The van der Waals surface area contributed by atoms with Crippen LogP contribution in [0.3, 0.4) is 0 Å². The first-order valence-electron chi connectivity index (χ1n) is 6.73. The van der Waals surface area contributed by atoms with E-state index in [1.165, 1.54) is 23.9 Å². The fourth-order valence-electron chi connectivity index (χ4n) is 1.77. The molecule has 116 valence electrons. The minimum atomic E-state index is -1.01. The first kappa shape index (κ1) is 17.5. The van der Waals surface area contributed by atoms with Gasteiger partial charge in [0.1, 0.15) is 11.9 Å². The van der Waals surface area contributed by atoms with Crippen molar-refractivity contribution in [3.8, 4) is 0 Å². The summed E-state index contributed by atoms with van der Waals surface area (Å²) >= 11 is 1.37. The summed E-state index contributed by atoms with van der Waals surface area (Å²) in [7, 11) is 0. The Morgan fingerprint density at radius 1 is 1.29 bits per heavy atom. The van der Waals surface area contributed by atoms with Gasteiger partial charge in [0, 0.05) is 5.75 Å². The molecule has 0 aliphatic rings. The molecule has 1 aromatic rings. The van der Waals surface area contributed by atoms with Crippen LogP contribution in [0.15, 0.2) is 24.3 Å². The van der Waals surface area contributed by atoms with Gasteiger partial charge in [-0.15, -0.1) is 11.8 Å². The lowest BCUT2D eigenvalue weighted by atomic mass is 10.0. The van der Waals surface area contributed by atoms with Crippen molar-refractivity contribution in [1.29, 1.82) is 0 Å². The van der Waals surface area contributed by atoms with E-state index in [1.54, 1.807) is 12.1 Å². The van der Waals surface area contributed by atoms with Crippen molar-refractivity contribution in [2.45, 2.75) is 32.1 Å². The van der Waals surface area contributed by atoms with Gasteiger partial charge in [0.15, 0.2) is 0 Å². The van der Waals surface area contributed by atoms with Gasteiger partial charge in [-0.2, -0.15) is 0 Å². The molecule has 0 bridgehead atoms. The second-order valence-corrected chi connectivity index (χ2v) is 6.19. The van der Waals surface area contributed by atoms with Crippen molar-refractivity contribution >= 4 is 23.6 Å². The van der Waals surface area contributed by atoms with Gasteiger partial charge in [0.25, 0.3) is 0 Å². The van der Waals surface area contributed by atoms with E-state index in [1.807, 2.05) is 13.8 Å². The van der Waals surface area contributed by atoms with Crippen LogP contribution in [0.1, 0.15) is 25.8 Å². The van der Waals surface area contributed by atoms with Crippen molar-refractivity contribution in [2.24, 2.45) is 5.92 Å². The van der Waals surface area contributed by atoms with E-state index in [-0.39, 0.29) is 23.4 Å². The van der Waals surface area contributed by atoms with Gasteiger partial charge in [-0.1, -0.05) is 26.0 Å². The van der Waals surface area contributed by atoms with Crippen LogP contribution in [-0.4, -0.2) is 28.8 Å². The maximum atomic E-state index is 12.7. The highest BCUT2D eigenvalue weighted by Crippen LogP contribution is 2.13. The zero-order chi connectivity index (χ0) is 15.8. The quantitative estimate of drug-likeness (QED) is 0.774. The van der Waals surface area contributed by atoms with E-state index in [0.717, 1.165) is 5.56 Å². The SMILES string of the molecule is CC(C)C[C@H](NC(=O)CSCc1ccc(F)cc1)C(=O)O. The summed E-state index contributed by atoms with van der Waals surface area (Å²) < 4.78 is 12.7. The van der Waals surface area contributed by atoms with E-state index in [9.17, 15) is 14.0 Å². The highest BCUT2D eigenvalue weighted by Gasteiger charge is 2.20. The second kappa shape index (κ2) is 8.67. The summed E-state index contributed by atoms with van der Waals surface area (Å²) in [5.74, 6) is -0.650. The van der Waals surface area contributed by atoms with E-state index < -0.39 is 12.0 Å². The third-order valence-corrected chi connectivity index (χ3v) is 3.76. The molecular formula is C15H20FNO3S. The lowest BCUT2D eigenvalue weighted by Gasteiger charge is -2.16. The Bertz CT molecular complexity index is 476. The Balaban J connectivity index is 2.35. The van der Waals surface area contributed by atoms with Crippen LogP contribution in [0.2, 0.25) is 0 Å². The van der Waals surface area contributed by atoms with E-state index >= 15 is 0 Å². The van der Waals surface area contributed by atoms with Crippen LogP contribution >= 0.6 is 11.8 Å². The molecule has 0 aliphatic heterocycles. The Labute approximate surface area is 128 Å². The number of carboxylic acid groups (broad SMARTS) is 1. The van der Waals surface area contributed by atoms with Gasteiger partial charge in [-0.05, 0) is 30.0 Å². The standard InChI is InChI=1S/C15H20FNO3S/c1-10(2)7-13(15(19)20)17-14(18)9-21-8-11-3-5-12(16)6-4-11/h3-6,10,13H,7-9H2,1-2H3,(H,17,18)(H,19,20)/t13-/m0/s1. The molecule has 1 amide bonds. The Morgan fingerprint density at radius 2 is 1.90 bits per heavy atom. The first-order chi connectivity index (χ1) is 9.88. The van der Waals surface area contributed by atoms with Gasteiger partial charge in [-0.25, -0.2) is 9.18 Å². The van der Waals surface area contributed by atoms with Crippen molar-refractivity contribution in [3.05, 3.63) is 35.6 Å². The number of carbonyl (C=O) groups is 2. The molecule has 0 saturated heterocycles. The monoisotopic (exact) mass is 313 g/mol. The summed E-state index contributed by atoms with van der Waals surface area (Å²) in [4.78, 5) is 22.8. The van der Waals surface area contributed by atoms with Crippen molar-refractivity contribution < 1.29 is 19.1 Å². The van der Waals surface area contributed by atoms with Crippen LogP contribution in [0.5, 0.6) is 0 Å². The molecule has 0 spiro atoms. The molecule has 1 atom stereocenters. The fourth-order valence-corrected chi connectivity index (χ4v) is 2.57. The highest BCUT2D eigenvalue weighted by molar-refractivity contribution is 7.99. The number of halogens is 1. The Hall–Kier alpha value is -1.56. The average Bonchev–Trinajstić information content (AvgIpc) is 2.39. The van der Waals surface area contributed by atoms with Crippen molar-refractivity contribution in [1.82, 2.24) is 5.32 Å². The number of carboxylic acids is 1. The number of rotatable bonds is 8. The molecule has 1 aromatic carbocycles. The molecule has 0 aliphatic carbocycles. The van der Waals surface area contributed by atoms with Crippen LogP contribution in [-0.2, 0) is 15.3 Å². The number of aliphatic carboxylic acids is 1. The number of nitrogens with one attached hydrogen (secondary N) is 1. The molecule has 0 unspecified atom stereocenters. The predicted molar refractivity (Wildman–Crippen MR) is 81.6 cm³/mol. The molecule has 6 heteroatoms. The normalized spacial score (nSPS) is 12.2. The van der Waals surface area contributed by atoms with Crippen LogP contribution < -0.4 is 5.32 Å². The molecule has 2 N–H and O–H groups in total. The number of benzene rings is 1. The second-order valence-electron chi connectivity index (χ2n) is 5.21. The third kappa shape index (κ3) is 7.13. The summed E-state index contributed by atoms with van der Waals surface area (Å²) in [6.45, 7) is 3.82. The molecule has 0 saturated carbocycles. The molecule has 0 heterocycles. The van der Waals surface area contributed by atoms with Crippen LogP contribution in [0, 0.1) is 11.7 Å². The minimum absolute atomic E-state index is 0.180. The van der Waals surface area contributed by atoms with Crippen LogP contribution in [0.4, 0.5) is 4.39 Å². The molecule has 4 nitrogen and oxygen atoms in total. The Morgan fingerprint density at radius 3 is 2.43 bits per heavy atom. The minimum Gasteiger partial charge on any atom is -0.480 e. The number of hydrogen-bond donors (Lipinski definition) is 2. The largest absolute Gasteiger partial charge is 0.480 e. The average molecular weight is 313 g/mol. The van der Waals surface area contributed by atoms with Gasteiger partial charge >= 0.3 is 5.97 Å². The smallest absolute Gasteiger partial charge is 0.326 e. The Kier molecular flexibility index (Phi) is 7.22. The zero-order valence-corrected chi connectivity index (χ0v) is 13.0. The molecule has 0 radical (unpaired) electrons. The van der Waals surface area contributed by atoms with Gasteiger partial charge in [-0.3, -0.25) is 4.79 Å². The van der Waals surface area contributed by atoms with Gasteiger partial charge in [0.2, 0.25) is 5.91 Å². The van der Waals surface area contributed by atoms with Crippen molar-refractivity contribution in [3.63, 3.8) is 0 Å². The zero-order valence-electron chi connectivity index (χ0n) is 12.1. The van der Waals surface area contributed by atoms with Gasteiger partial charge < -0.3 is 10.4 Å². The van der Waals surface area contributed by atoms with Gasteiger partial charge in [0.05, 0.1) is 5.75 Å². The maximum Gasteiger partial charge on any atom is 0.326 e. The molecule has 21 heavy (non-hydrogen) atoms. The fraction of sp³-hybridized carbons (Fsp3) is 0.467. The molecular weight excluding hydrogens is 293 g/mol. The van der Waals surface area contributed by atoms with Crippen LogP contribution in [0.25, 0.3) is 0 Å². The lowest BCUT2D eigenvalue weighted by molar-refractivity contribution is -0.141. The van der Waals surface area contributed by atoms with Crippen molar-refractivity contribution in [2.75, 3.05) is 5.75 Å². The van der Waals surface area contributed by atoms with E-state index in [2.05, 4.69) is 5.32 Å². The number of carbonyl (C=O) groups excluding carboxylic acids is 1. The summed E-state index contributed by atoms with van der Waals surface area (Å²) in [5.41, 5.74) is 0.922. The summed E-state index contributed by atoms with van der Waals surface area (Å²) in [6.07, 6.45) is 0.406. The summed E-state index contributed by atoms with van der Waals surface area (Å²) in [5, 5.41) is 11.6. The lowest BCUT2D eigenvalue weighted by Crippen LogP contribution is -2.42. The molecule has 0 aromatic heterocycles. The molecule has 1 rings (SSSR count). The maximum absolute atomic E-state index is 12.7. The molecule has 0 fully saturated rings. The first-order valence-corrected chi connectivity index (χ1v) is 7.88. The number of amides is 1. The number of hydrogen-bond acceptors (Lipinski definition) is 3. The van der Waals surface area contributed by atoms with E-state index in [4.69, 9.17) is 5.11 Å². The topological polar surface area (TPSA) is 66.4 Å².